The summed E-state index contributed by atoms with van der Waals surface area (Å²) in [5.74, 6) is 2.35. The van der Waals surface area contributed by atoms with E-state index in [0.29, 0.717) is 0 Å². The average Bonchev–Trinajstić information content (AvgIpc) is 3.88. The number of nitrogens with zero attached hydrogens (tertiary/aromatic N) is 4. The van der Waals surface area contributed by atoms with E-state index in [9.17, 15) is 0 Å². The van der Waals surface area contributed by atoms with E-state index in [1.807, 2.05) is 12.3 Å². The van der Waals surface area contributed by atoms with Gasteiger partial charge in [0, 0.05) is 28.6 Å². The van der Waals surface area contributed by atoms with Gasteiger partial charge < -0.3 is 4.74 Å². The molecular formula is C59H46N4O. The molecule has 0 saturated carbocycles. The molecule has 64 heavy (non-hydrogen) atoms. The largest absolute Gasteiger partial charge is 0.458 e. The van der Waals surface area contributed by atoms with E-state index >= 15 is 0 Å². The summed E-state index contributed by atoms with van der Waals surface area (Å²) in [5, 5.41) is 2.32. The van der Waals surface area contributed by atoms with Gasteiger partial charge >= 0.3 is 0 Å². The first-order chi connectivity index (χ1) is 31.4. The molecule has 0 N–H and O–H groups in total. The molecular weight excluding hydrogens is 781 g/mol. The van der Waals surface area contributed by atoms with Crippen LogP contribution in [-0.4, -0.2) is 14.1 Å². The van der Waals surface area contributed by atoms with Crippen LogP contribution in [0.25, 0.3) is 83.4 Å². The normalized spacial score (nSPS) is 11.7. The highest BCUT2D eigenvalue weighted by Gasteiger charge is 2.22. The second-order valence-electron chi connectivity index (χ2n) is 17.6. The number of pyridine rings is 1. The van der Waals surface area contributed by atoms with Crippen molar-refractivity contribution in [2.45, 2.75) is 27.2 Å². The third kappa shape index (κ3) is 7.21. The molecule has 308 valence electrons. The van der Waals surface area contributed by atoms with Gasteiger partial charge in [-0.25, -0.2) is 4.98 Å². The second kappa shape index (κ2) is 16.0. The molecule has 0 aliphatic rings. The highest BCUT2D eigenvalue weighted by Crippen LogP contribution is 2.38. The number of rotatable bonds is 9. The number of fused-ring (bicyclic) bond motifs is 4. The molecule has 3 aromatic heterocycles. The van der Waals surface area contributed by atoms with Gasteiger partial charge in [0.2, 0.25) is 0 Å². The van der Waals surface area contributed by atoms with Gasteiger partial charge in [0.05, 0.1) is 33.4 Å². The number of hydrogen-bond acceptors (Lipinski definition) is 2. The van der Waals surface area contributed by atoms with Crippen molar-refractivity contribution in [2.75, 3.05) is 0 Å². The van der Waals surface area contributed by atoms with Crippen LogP contribution >= 0.6 is 0 Å². The molecule has 11 rings (SSSR count). The van der Waals surface area contributed by atoms with Crippen molar-refractivity contribution in [1.29, 1.82) is 0 Å². The Morgan fingerprint density at radius 3 is 1.78 bits per heavy atom. The first-order valence-electron chi connectivity index (χ1n) is 21.9. The van der Waals surface area contributed by atoms with E-state index in [-0.39, 0.29) is 5.41 Å². The van der Waals surface area contributed by atoms with Gasteiger partial charge in [-0.15, -0.1) is 0 Å². The molecule has 0 amide bonds. The highest BCUT2D eigenvalue weighted by molar-refractivity contribution is 6.09. The van der Waals surface area contributed by atoms with Crippen LogP contribution in [0.1, 0.15) is 26.3 Å². The summed E-state index contributed by atoms with van der Waals surface area (Å²) in [4.78, 5) is 5.16. The third-order valence-electron chi connectivity index (χ3n) is 12.0. The molecule has 0 radical (unpaired) electrons. The fraction of sp³-hybridized carbons (Fsp3) is 0.0847. The predicted octanol–water partition coefficient (Wildman–Crippen LogP) is 14.6. The minimum Gasteiger partial charge on any atom is -0.458 e. The highest BCUT2D eigenvalue weighted by atomic mass is 16.5. The Morgan fingerprint density at radius 1 is 0.516 bits per heavy atom. The van der Waals surface area contributed by atoms with E-state index < -0.39 is 0 Å². The molecule has 5 heteroatoms. The number of ether oxygens (including phenoxy) is 1. The topological polar surface area (TPSA) is 35.9 Å². The standard InChI is InChI=1S/C59H46N4O/c1-59(2,3)38-44-35-57(60-39-52(44)43-23-11-6-12-24-43)63-53-30-14-13-27-50(53)51-34-33-47(37-56(51)63)64-46-26-17-25-45(36-46)61-40-62(55-32-16-15-31-54(55)61)58-48(41-19-7-4-8-20-41)28-18-29-49(58)42-21-9-5-10-22-42/h4-37,39H,38H2,1-3H3. The summed E-state index contributed by atoms with van der Waals surface area (Å²) < 4.78 is 13.4. The summed E-state index contributed by atoms with van der Waals surface area (Å²) in [6, 6.07) is 72.4. The van der Waals surface area contributed by atoms with Gasteiger partial charge in [0.15, 0.2) is 0 Å². The zero-order valence-electron chi connectivity index (χ0n) is 36.1. The van der Waals surface area contributed by atoms with Crippen molar-refractivity contribution in [3.8, 4) is 62.1 Å². The van der Waals surface area contributed by atoms with E-state index in [4.69, 9.17) is 9.72 Å². The van der Waals surface area contributed by atoms with E-state index in [1.165, 1.54) is 22.1 Å². The number of imidazole rings is 1. The summed E-state index contributed by atoms with van der Waals surface area (Å²) in [5.41, 5.74) is 14.5. The molecule has 8 aromatic carbocycles. The van der Waals surface area contributed by atoms with Crippen LogP contribution in [0, 0.1) is 11.7 Å². The number of para-hydroxylation sites is 4. The van der Waals surface area contributed by atoms with Crippen molar-refractivity contribution in [2.24, 2.45) is 5.41 Å². The van der Waals surface area contributed by atoms with Crippen LogP contribution in [-0.2, 0) is 6.42 Å². The fourth-order valence-corrected chi connectivity index (χ4v) is 9.19. The maximum absolute atomic E-state index is 6.79. The smallest absolute Gasteiger partial charge is 0.269 e. The molecule has 0 atom stereocenters. The average molecular weight is 827 g/mol. The molecule has 0 fully saturated rings. The van der Waals surface area contributed by atoms with Crippen molar-refractivity contribution in [1.82, 2.24) is 14.1 Å². The second-order valence-corrected chi connectivity index (χ2v) is 17.6. The summed E-state index contributed by atoms with van der Waals surface area (Å²) >= 11 is 0. The molecule has 0 unspecified atom stereocenters. The molecule has 5 nitrogen and oxygen atoms in total. The van der Waals surface area contributed by atoms with Crippen LogP contribution in [0.2, 0.25) is 0 Å². The monoisotopic (exact) mass is 826 g/mol. The van der Waals surface area contributed by atoms with Crippen LogP contribution in [0.5, 0.6) is 11.5 Å². The molecule has 0 aliphatic carbocycles. The minimum absolute atomic E-state index is 0.0846. The van der Waals surface area contributed by atoms with Gasteiger partial charge in [0.25, 0.3) is 6.33 Å². The maximum atomic E-state index is 6.79. The van der Waals surface area contributed by atoms with Gasteiger partial charge in [-0.2, -0.15) is 0 Å². The molecule has 0 aliphatic heterocycles. The zero-order valence-corrected chi connectivity index (χ0v) is 36.1. The van der Waals surface area contributed by atoms with E-state index in [1.54, 1.807) is 0 Å². The lowest BCUT2D eigenvalue weighted by Gasteiger charge is -2.21. The Hall–Kier alpha value is -8.02. The van der Waals surface area contributed by atoms with Crippen molar-refractivity contribution in [3.05, 3.63) is 224 Å². The number of hydrogen-bond donors (Lipinski definition) is 0. The fourth-order valence-electron chi connectivity index (χ4n) is 9.19. The molecule has 0 bridgehead atoms. The van der Waals surface area contributed by atoms with Gasteiger partial charge in [0.1, 0.15) is 17.3 Å². The van der Waals surface area contributed by atoms with Crippen molar-refractivity contribution >= 4 is 32.8 Å². The molecule has 0 spiro atoms. The number of benzene rings is 8. The first kappa shape index (κ1) is 38.9. The van der Waals surface area contributed by atoms with Crippen molar-refractivity contribution in [3.63, 3.8) is 0 Å². The first-order valence-corrected chi connectivity index (χ1v) is 21.9. The quantitative estimate of drug-likeness (QED) is 0.107. The molecule has 0 saturated heterocycles. The lowest BCUT2D eigenvalue weighted by atomic mass is 9.85. The summed E-state index contributed by atoms with van der Waals surface area (Å²) in [6.07, 6.45) is 6.76. The number of aromatic nitrogens is 4. The van der Waals surface area contributed by atoms with Gasteiger partial charge in [-0.1, -0.05) is 178 Å². The Morgan fingerprint density at radius 2 is 1.09 bits per heavy atom. The van der Waals surface area contributed by atoms with Crippen LogP contribution in [0.4, 0.5) is 0 Å². The summed E-state index contributed by atoms with van der Waals surface area (Å²) in [6.45, 7) is 6.88. The molecule has 3 heterocycles. The minimum atomic E-state index is 0.0846. The van der Waals surface area contributed by atoms with Crippen LogP contribution in [0.3, 0.4) is 0 Å². The maximum Gasteiger partial charge on any atom is 0.269 e. The molecule has 11 aromatic rings. The SMILES string of the molecule is CC(C)(C)Cc1cc(-n2c3ccccc3c3ccc(Oc4cccc(-n5[c-][n+](-c6c(-c7ccccc7)cccc6-c6ccccc6)c6ccccc65)c4)cc32)ncc1-c1ccccc1. The lowest BCUT2D eigenvalue weighted by Crippen LogP contribution is -2.31. The zero-order chi connectivity index (χ0) is 43.2. The Bertz CT molecular complexity index is 3410. The van der Waals surface area contributed by atoms with Crippen LogP contribution < -0.4 is 9.30 Å². The van der Waals surface area contributed by atoms with Crippen molar-refractivity contribution < 1.29 is 9.30 Å². The van der Waals surface area contributed by atoms with Gasteiger partial charge in [-0.05, 0) is 87.7 Å². The summed E-state index contributed by atoms with van der Waals surface area (Å²) in [7, 11) is 0. The Kier molecular flexibility index (Phi) is 9.73. The van der Waals surface area contributed by atoms with Crippen LogP contribution in [0.15, 0.2) is 212 Å². The van der Waals surface area contributed by atoms with Gasteiger partial charge in [-0.3, -0.25) is 13.7 Å². The van der Waals surface area contributed by atoms with E-state index in [0.717, 1.165) is 84.8 Å². The Balaban J connectivity index is 1.01. The lowest BCUT2D eigenvalue weighted by molar-refractivity contribution is -0.571. The third-order valence-corrected chi connectivity index (χ3v) is 12.0. The Labute approximate surface area is 373 Å². The predicted molar refractivity (Wildman–Crippen MR) is 262 cm³/mol. The van der Waals surface area contributed by atoms with E-state index in [2.05, 4.69) is 241 Å².